The average Bonchev–Trinajstić information content (AvgIpc) is 3.17. The summed E-state index contributed by atoms with van der Waals surface area (Å²) in [7, 11) is 0. The van der Waals surface area contributed by atoms with Crippen molar-refractivity contribution in [3.05, 3.63) is 90.0 Å². The lowest BCUT2D eigenvalue weighted by molar-refractivity contribution is -0.129. The van der Waals surface area contributed by atoms with Crippen LogP contribution in [0.1, 0.15) is 30.5 Å². The van der Waals surface area contributed by atoms with Gasteiger partial charge < -0.3 is 15.0 Å². The van der Waals surface area contributed by atoms with Crippen molar-refractivity contribution in [2.75, 3.05) is 11.9 Å². The summed E-state index contributed by atoms with van der Waals surface area (Å²) in [5, 5.41) is 2.93. The van der Waals surface area contributed by atoms with E-state index < -0.39 is 0 Å². The van der Waals surface area contributed by atoms with Gasteiger partial charge in [-0.05, 0) is 61.4 Å². The Balaban J connectivity index is 1.35. The third-order valence-electron chi connectivity index (χ3n) is 5.63. The van der Waals surface area contributed by atoms with Gasteiger partial charge in [-0.25, -0.2) is 0 Å². The van der Waals surface area contributed by atoms with Gasteiger partial charge in [-0.15, -0.1) is 0 Å². The summed E-state index contributed by atoms with van der Waals surface area (Å²) in [6.07, 6.45) is 0.234. The molecule has 1 aliphatic rings. The van der Waals surface area contributed by atoms with Gasteiger partial charge in [0.05, 0.1) is 12.0 Å². The zero-order valence-electron chi connectivity index (χ0n) is 17.7. The molecule has 2 atom stereocenters. The van der Waals surface area contributed by atoms with E-state index >= 15 is 0 Å². The number of hydrogen-bond acceptors (Lipinski definition) is 3. The van der Waals surface area contributed by atoms with E-state index in [1.54, 1.807) is 4.90 Å². The summed E-state index contributed by atoms with van der Waals surface area (Å²) in [6, 6.07) is 24.9. The monoisotopic (exact) mass is 414 g/mol. The van der Waals surface area contributed by atoms with E-state index in [-0.39, 0.29) is 30.2 Å². The Labute approximate surface area is 182 Å². The second-order valence-corrected chi connectivity index (χ2v) is 7.97. The van der Waals surface area contributed by atoms with Gasteiger partial charge in [-0.1, -0.05) is 42.5 Å². The van der Waals surface area contributed by atoms with Gasteiger partial charge >= 0.3 is 0 Å². The van der Waals surface area contributed by atoms with Crippen molar-refractivity contribution >= 4 is 17.5 Å². The summed E-state index contributed by atoms with van der Waals surface area (Å²) in [5.74, 6) is 0.986. The topological polar surface area (TPSA) is 58.6 Å². The maximum absolute atomic E-state index is 12.8. The smallest absolute Gasteiger partial charge is 0.229 e. The van der Waals surface area contributed by atoms with E-state index in [1.165, 1.54) is 0 Å². The summed E-state index contributed by atoms with van der Waals surface area (Å²) in [5.41, 5.74) is 2.88. The summed E-state index contributed by atoms with van der Waals surface area (Å²) in [6.45, 7) is 4.44. The van der Waals surface area contributed by atoms with E-state index in [2.05, 4.69) is 5.32 Å². The largest absolute Gasteiger partial charge is 0.457 e. The number of carbonyl (C=O) groups excluding carboxylic acids is 2. The van der Waals surface area contributed by atoms with Crippen molar-refractivity contribution < 1.29 is 14.3 Å². The SMILES string of the molecule is Cc1cccc(Oc2ccc(NC(=O)[C@H]3CC(=O)N([C@@H](C)c4ccccc4)C3)cc2)c1. The average molecular weight is 415 g/mol. The molecule has 3 aromatic rings. The van der Waals surface area contributed by atoms with Crippen molar-refractivity contribution in [2.24, 2.45) is 5.92 Å². The first-order chi connectivity index (χ1) is 15.0. The fourth-order valence-corrected chi connectivity index (χ4v) is 3.86. The molecule has 5 heteroatoms. The van der Waals surface area contributed by atoms with Crippen LogP contribution < -0.4 is 10.1 Å². The predicted molar refractivity (Wildman–Crippen MR) is 121 cm³/mol. The number of rotatable bonds is 6. The Morgan fingerprint density at radius 1 is 1.00 bits per heavy atom. The number of likely N-dealkylation sites (tertiary alicyclic amines) is 1. The Bertz CT molecular complexity index is 1060. The molecule has 1 N–H and O–H groups in total. The molecular formula is C26H26N2O3. The van der Waals surface area contributed by atoms with Crippen molar-refractivity contribution in [3.8, 4) is 11.5 Å². The van der Waals surface area contributed by atoms with Crippen molar-refractivity contribution in [3.63, 3.8) is 0 Å². The summed E-state index contributed by atoms with van der Waals surface area (Å²) in [4.78, 5) is 27.1. The van der Waals surface area contributed by atoms with Crippen molar-refractivity contribution in [1.29, 1.82) is 0 Å². The maximum atomic E-state index is 12.8. The van der Waals surface area contributed by atoms with Crippen LogP contribution in [0.15, 0.2) is 78.9 Å². The summed E-state index contributed by atoms with van der Waals surface area (Å²) >= 11 is 0. The molecule has 5 nitrogen and oxygen atoms in total. The molecule has 3 aromatic carbocycles. The molecule has 0 bridgehead atoms. The molecule has 1 heterocycles. The molecule has 0 aliphatic carbocycles. The highest BCUT2D eigenvalue weighted by Gasteiger charge is 2.37. The van der Waals surface area contributed by atoms with Crippen molar-refractivity contribution in [1.82, 2.24) is 4.90 Å². The first kappa shape index (κ1) is 20.7. The first-order valence-electron chi connectivity index (χ1n) is 10.5. The van der Waals surface area contributed by atoms with Gasteiger partial charge in [-0.2, -0.15) is 0 Å². The van der Waals surface area contributed by atoms with Crippen LogP contribution in [0.4, 0.5) is 5.69 Å². The van der Waals surface area contributed by atoms with E-state index in [4.69, 9.17) is 4.74 Å². The minimum absolute atomic E-state index is 0.0124. The highest BCUT2D eigenvalue weighted by molar-refractivity contribution is 5.97. The Kier molecular flexibility index (Phi) is 6.03. The molecule has 0 saturated carbocycles. The van der Waals surface area contributed by atoms with Crippen LogP contribution in [0.5, 0.6) is 11.5 Å². The second-order valence-electron chi connectivity index (χ2n) is 7.97. The Hall–Kier alpha value is -3.60. The maximum Gasteiger partial charge on any atom is 0.229 e. The Morgan fingerprint density at radius 3 is 2.45 bits per heavy atom. The van der Waals surface area contributed by atoms with Gasteiger partial charge in [0.25, 0.3) is 0 Å². The molecule has 0 aromatic heterocycles. The van der Waals surface area contributed by atoms with E-state index in [0.29, 0.717) is 18.0 Å². The lowest BCUT2D eigenvalue weighted by Gasteiger charge is -2.25. The van der Waals surface area contributed by atoms with Crippen LogP contribution in [0, 0.1) is 12.8 Å². The highest BCUT2D eigenvalue weighted by atomic mass is 16.5. The van der Waals surface area contributed by atoms with Gasteiger partial charge in [0, 0.05) is 18.7 Å². The van der Waals surface area contributed by atoms with Gasteiger partial charge in [-0.3, -0.25) is 9.59 Å². The lowest BCUT2D eigenvalue weighted by Crippen LogP contribution is -2.30. The van der Waals surface area contributed by atoms with E-state index in [0.717, 1.165) is 16.9 Å². The number of hydrogen-bond donors (Lipinski definition) is 1. The number of aryl methyl sites for hydroxylation is 1. The zero-order valence-corrected chi connectivity index (χ0v) is 17.7. The fourth-order valence-electron chi connectivity index (χ4n) is 3.86. The highest BCUT2D eigenvalue weighted by Crippen LogP contribution is 2.29. The second kappa shape index (κ2) is 9.04. The molecule has 1 saturated heterocycles. The molecule has 0 spiro atoms. The number of nitrogens with one attached hydrogen (secondary N) is 1. The minimum atomic E-state index is -0.359. The molecular weight excluding hydrogens is 388 g/mol. The number of benzene rings is 3. The van der Waals surface area contributed by atoms with Gasteiger partial charge in [0.15, 0.2) is 0 Å². The van der Waals surface area contributed by atoms with Crippen LogP contribution in [-0.4, -0.2) is 23.3 Å². The molecule has 1 fully saturated rings. The van der Waals surface area contributed by atoms with Crippen LogP contribution >= 0.6 is 0 Å². The van der Waals surface area contributed by atoms with E-state index in [9.17, 15) is 9.59 Å². The predicted octanol–water partition coefficient (Wildman–Crippen LogP) is 5.34. The molecule has 4 rings (SSSR count). The third kappa shape index (κ3) is 4.94. The van der Waals surface area contributed by atoms with E-state index in [1.807, 2.05) is 92.7 Å². The number of ether oxygens (including phenoxy) is 1. The standard InChI is InChI=1S/C26H26N2O3/c1-18-7-6-10-24(15-18)31-23-13-11-22(12-14-23)27-26(30)21-16-25(29)28(17-21)19(2)20-8-4-3-5-9-20/h3-15,19,21H,16-17H2,1-2H3,(H,27,30)/t19-,21-/m0/s1. The zero-order chi connectivity index (χ0) is 21.8. The number of amides is 2. The molecule has 2 amide bonds. The minimum Gasteiger partial charge on any atom is -0.457 e. The third-order valence-corrected chi connectivity index (χ3v) is 5.63. The normalized spacial score (nSPS) is 16.8. The number of nitrogens with zero attached hydrogens (tertiary/aromatic N) is 1. The van der Waals surface area contributed by atoms with Gasteiger partial charge in [0.1, 0.15) is 11.5 Å². The Morgan fingerprint density at radius 2 is 1.74 bits per heavy atom. The van der Waals surface area contributed by atoms with Crippen LogP contribution in [0.25, 0.3) is 0 Å². The molecule has 0 unspecified atom stereocenters. The molecule has 0 radical (unpaired) electrons. The summed E-state index contributed by atoms with van der Waals surface area (Å²) < 4.78 is 5.85. The van der Waals surface area contributed by atoms with Gasteiger partial charge in [0.2, 0.25) is 11.8 Å². The quantitative estimate of drug-likeness (QED) is 0.593. The molecule has 1 aliphatic heterocycles. The van der Waals surface area contributed by atoms with Crippen LogP contribution in [0.2, 0.25) is 0 Å². The molecule has 158 valence electrons. The fraction of sp³-hybridized carbons (Fsp3) is 0.231. The van der Waals surface area contributed by atoms with Crippen LogP contribution in [-0.2, 0) is 9.59 Å². The molecule has 31 heavy (non-hydrogen) atoms. The number of anilines is 1. The number of carbonyl (C=O) groups is 2. The van der Waals surface area contributed by atoms with Crippen LogP contribution in [0.3, 0.4) is 0 Å². The van der Waals surface area contributed by atoms with Crippen molar-refractivity contribution in [2.45, 2.75) is 26.3 Å². The lowest BCUT2D eigenvalue weighted by atomic mass is 10.1. The first-order valence-corrected chi connectivity index (χ1v) is 10.5.